The number of rotatable bonds is 0. The van der Waals surface area contributed by atoms with Crippen LogP contribution in [0.5, 0.6) is 0 Å². The van der Waals surface area contributed by atoms with Crippen molar-refractivity contribution in [2.24, 2.45) is 5.10 Å². The van der Waals surface area contributed by atoms with E-state index in [4.69, 9.17) is 0 Å². The molecule has 16 heavy (non-hydrogen) atoms. The fraction of sp³-hybridized carbons (Fsp3) is 0.200. The van der Waals surface area contributed by atoms with Crippen molar-refractivity contribution in [1.82, 2.24) is 14.9 Å². The Morgan fingerprint density at radius 3 is 3.12 bits per heavy atom. The Labute approximate surface area is 92.9 Å². The van der Waals surface area contributed by atoms with E-state index in [-0.39, 0.29) is 0 Å². The van der Waals surface area contributed by atoms with Crippen LogP contribution in [0.25, 0.3) is 11.0 Å². The van der Waals surface area contributed by atoms with Crippen molar-refractivity contribution in [3.63, 3.8) is 0 Å². The van der Waals surface area contributed by atoms with E-state index in [1.165, 1.54) is 4.92 Å². The van der Waals surface area contributed by atoms with Crippen molar-refractivity contribution in [3.05, 3.63) is 24.0 Å². The van der Waals surface area contributed by atoms with Crippen LogP contribution in [0.1, 0.15) is 12.5 Å². The fourth-order valence-corrected chi connectivity index (χ4v) is 2.17. The van der Waals surface area contributed by atoms with Gasteiger partial charge in [0.2, 0.25) is 0 Å². The molecule has 0 saturated carbocycles. The van der Waals surface area contributed by atoms with Gasteiger partial charge in [0.05, 0.1) is 5.71 Å². The van der Waals surface area contributed by atoms with Gasteiger partial charge in [-0.2, -0.15) is 5.10 Å². The molecule has 5 nitrogen and oxygen atoms in total. The van der Waals surface area contributed by atoms with Gasteiger partial charge < -0.3 is 14.9 Å². The number of hydrogen-bond acceptors (Lipinski definition) is 4. The lowest BCUT2D eigenvalue weighted by Crippen LogP contribution is -2.49. The predicted molar refractivity (Wildman–Crippen MR) is 63.7 cm³/mol. The molecule has 3 rings (SSSR count). The smallest absolute Gasteiger partial charge is 0.428 e. The topological polar surface area (TPSA) is 64.5 Å². The number of nitrogens with one attached hydrogen (secondary N) is 1. The van der Waals surface area contributed by atoms with Crippen molar-refractivity contribution in [1.29, 1.82) is 0 Å². The first kappa shape index (κ1) is 9.41. The third kappa shape index (κ3) is 1.10. The lowest BCUT2D eigenvalue weighted by Gasteiger charge is -2.25. The van der Waals surface area contributed by atoms with Gasteiger partial charge in [-0.25, -0.2) is 4.98 Å². The van der Waals surface area contributed by atoms with Gasteiger partial charge in [0.25, 0.3) is 0 Å². The average molecular weight is 214 g/mol. The van der Waals surface area contributed by atoms with Crippen LogP contribution in [-0.4, -0.2) is 39.7 Å². The molecule has 2 N–H and O–H groups in total. The fourth-order valence-electron chi connectivity index (χ4n) is 2.17. The van der Waals surface area contributed by atoms with Crippen LogP contribution in [0.15, 0.2) is 23.6 Å². The lowest BCUT2D eigenvalue weighted by molar-refractivity contribution is 0.440. The van der Waals surface area contributed by atoms with Crippen LogP contribution >= 0.6 is 0 Å². The maximum Gasteiger partial charge on any atom is 0.468 e. The monoisotopic (exact) mass is 214 g/mol. The van der Waals surface area contributed by atoms with Gasteiger partial charge in [-0.1, -0.05) is 0 Å². The van der Waals surface area contributed by atoms with Crippen LogP contribution in [0.3, 0.4) is 0 Å². The molecule has 0 amide bonds. The van der Waals surface area contributed by atoms with Gasteiger partial charge in [0, 0.05) is 35.9 Å². The highest BCUT2D eigenvalue weighted by Gasteiger charge is 2.30. The third-order valence-electron chi connectivity index (χ3n) is 2.92. The molecule has 3 heterocycles. The van der Waals surface area contributed by atoms with E-state index in [0.29, 0.717) is 0 Å². The molecule has 0 atom stereocenters. The Kier molecular flexibility index (Phi) is 1.82. The zero-order valence-electron chi connectivity index (χ0n) is 9.10. The molecule has 6 heteroatoms. The second-order valence-electron chi connectivity index (χ2n) is 3.96. The number of pyridine rings is 1. The summed E-state index contributed by atoms with van der Waals surface area (Å²) >= 11 is 0. The molecular formula is C10H11BN4O. The molecule has 0 saturated heterocycles. The molecular weight excluding hydrogens is 203 g/mol. The van der Waals surface area contributed by atoms with Gasteiger partial charge in [-0.05, 0) is 13.0 Å². The summed E-state index contributed by atoms with van der Waals surface area (Å²) in [5.41, 5.74) is 3.51. The van der Waals surface area contributed by atoms with E-state index in [9.17, 15) is 5.02 Å². The van der Waals surface area contributed by atoms with Crippen LogP contribution in [-0.2, 0) is 0 Å². The van der Waals surface area contributed by atoms with Crippen LogP contribution in [0, 0.1) is 0 Å². The van der Waals surface area contributed by atoms with Crippen molar-refractivity contribution < 1.29 is 5.02 Å². The van der Waals surface area contributed by atoms with E-state index < -0.39 is 7.05 Å². The Morgan fingerprint density at radius 2 is 2.31 bits per heavy atom. The second-order valence-corrected chi connectivity index (χ2v) is 3.96. The molecule has 2 aromatic rings. The first-order chi connectivity index (χ1) is 7.68. The standard InChI is InChI=1S/C10H11BN4O/c1-6-9-7-3-4-12-10(7)13-5-8(9)11(16)15(2)14-6/h3-5,16H,1-2H3,(H,12,13). The minimum Gasteiger partial charge on any atom is -0.428 e. The molecule has 1 aliphatic heterocycles. The van der Waals surface area contributed by atoms with Gasteiger partial charge in [-0.3, -0.25) is 0 Å². The highest BCUT2D eigenvalue weighted by molar-refractivity contribution is 6.66. The van der Waals surface area contributed by atoms with E-state index >= 15 is 0 Å². The molecule has 0 aliphatic carbocycles. The summed E-state index contributed by atoms with van der Waals surface area (Å²) in [4.78, 5) is 8.87. The van der Waals surface area contributed by atoms with Gasteiger partial charge in [0.15, 0.2) is 0 Å². The number of hydrazone groups is 1. The molecule has 0 spiro atoms. The Morgan fingerprint density at radius 1 is 1.50 bits per heavy atom. The number of aromatic nitrogens is 2. The highest BCUT2D eigenvalue weighted by Crippen LogP contribution is 2.18. The van der Waals surface area contributed by atoms with Crippen LogP contribution in [0.2, 0.25) is 0 Å². The van der Waals surface area contributed by atoms with Crippen LogP contribution < -0.4 is 5.46 Å². The Bertz CT molecular complexity index is 592. The average Bonchev–Trinajstić information content (AvgIpc) is 2.72. The second kappa shape index (κ2) is 3.09. The number of H-pyrrole nitrogens is 1. The minimum atomic E-state index is -0.717. The quantitative estimate of drug-likeness (QED) is 0.603. The number of fused-ring (bicyclic) bond motifs is 3. The number of aromatic amines is 1. The summed E-state index contributed by atoms with van der Waals surface area (Å²) in [6.07, 6.45) is 3.55. The number of hydrogen-bond donors (Lipinski definition) is 2. The molecule has 2 aromatic heterocycles. The first-order valence-corrected chi connectivity index (χ1v) is 5.11. The molecule has 0 radical (unpaired) electrons. The maximum atomic E-state index is 10.0. The molecule has 0 unspecified atom stereocenters. The lowest BCUT2D eigenvalue weighted by atomic mass is 9.69. The van der Waals surface area contributed by atoms with Crippen LogP contribution in [0.4, 0.5) is 0 Å². The van der Waals surface area contributed by atoms with Crippen molar-refractivity contribution >= 4 is 29.3 Å². The van der Waals surface area contributed by atoms with E-state index in [1.807, 2.05) is 19.2 Å². The van der Waals surface area contributed by atoms with E-state index in [0.717, 1.165) is 27.8 Å². The van der Waals surface area contributed by atoms with Gasteiger partial charge >= 0.3 is 7.05 Å². The van der Waals surface area contributed by atoms with Crippen molar-refractivity contribution in [3.8, 4) is 0 Å². The molecule has 1 aliphatic rings. The summed E-state index contributed by atoms with van der Waals surface area (Å²) in [6.45, 7) is 1.94. The summed E-state index contributed by atoms with van der Waals surface area (Å²) in [7, 11) is 1.03. The number of nitrogens with zero attached hydrogens (tertiary/aromatic N) is 3. The normalized spacial score (nSPS) is 15.3. The minimum absolute atomic E-state index is 0.717. The molecule has 0 fully saturated rings. The van der Waals surface area contributed by atoms with Gasteiger partial charge in [0.1, 0.15) is 5.65 Å². The summed E-state index contributed by atoms with van der Waals surface area (Å²) in [5.74, 6) is 0. The first-order valence-electron chi connectivity index (χ1n) is 5.11. The Hall–Kier alpha value is -1.82. The zero-order chi connectivity index (χ0) is 11.3. The zero-order valence-corrected chi connectivity index (χ0v) is 9.10. The van der Waals surface area contributed by atoms with Gasteiger partial charge in [-0.15, -0.1) is 0 Å². The Balaban J connectivity index is 2.38. The molecule has 0 aromatic carbocycles. The SMILES string of the molecule is CC1=NN(C)B(O)c2cnc3[nH]ccc3c21. The largest absolute Gasteiger partial charge is 0.468 e. The van der Waals surface area contributed by atoms with Crippen molar-refractivity contribution in [2.45, 2.75) is 6.92 Å². The third-order valence-corrected chi connectivity index (χ3v) is 2.92. The van der Waals surface area contributed by atoms with E-state index in [2.05, 4.69) is 15.1 Å². The molecule has 80 valence electrons. The summed E-state index contributed by atoms with van der Waals surface area (Å²) in [6, 6.07) is 1.96. The highest BCUT2D eigenvalue weighted by atomic mass is 16.2. The van der Waals surface area contributed by atoms with E-state index in [1.54, 1.807) is 13.2 Å². The molecule has 0 bridgehead atoms. The maximum absolute atomic E-state index is 10.0. The summed E-state index contributed by atoms with van der Waals surface area (Å²) in [5, 5.41) is 15.3. The predicted octanol–water partition coefficient (Wildman–Crippen LogP) is -0.0802. The summed E-state index contributed by atoms with van der Waals surface area (Å²) < 4.78 is 0. The van der Waals surface area contributed by atoms with Crippen molar-refractivity contribution in [2.75, 3.05) is 7.05 Å².